The van der Waals surface area contributed by atoms with Gasteiger partial charge in [0, 0.05) is 18.0 Å². The number of nitro benzene ring substituents is 1. The second-order valence-electron chi connectivity index (χ2n) is 5.31. The first kappa shape index (κ1) is 11.9. The molecule has 0 aliphatic heterocycles. The minimum Gasteiger partial charge on any atom is -0.502 e. The zero-order chi connectivity index (χ0) is 12.8. The number of nitro groups is 1. The average Bonchev–Trinajstić information content (AvgIpc) is 2.81. The fourth-order valence-corrected chi connectivity index (χ4v) is 2.64. The zero-order valence-corrected chi connectivity index (χ0v) is 9.93. The number of phenols is 1. The Balaban J connectivity index is 2.43. The van der Waals surface area contributed by atoms with Crippen LogP contribution in [0.15, 0.2) is 18.2 Å². The molecule has 3 N–H and O–H groups in total. The topological polar surface area (TPSA) is 89.4 Å². The van der Waals surface area contributed by atoms with Gasteiger partial charge in [0.2, 0.25) is 0 Å². The van der Waals surface area contributed by atoms with Crippen molar-refractivity contribution in [3.05, 3.63) is 33.9 Å². The van der Waals surface area contributed by atoms with E-state index in [0.717, 1.165) is 12.0 Å². The van der Waals surface area contributed by atoms with Crippen molar-refractivity contribution in [1.29, 1.82) is 0 Å². The summed E-state index contributed by atoms with van der Waals surface area (Å²) in [4.78, 5) is 10.0. The Bertz CT molecular complexity index is 485. The van der Waals surface area contributed by atoms with Gasteiger partial charge in [0.25, 0.3) is 0 Å². The zero-order valence-electron chi connectivity index (χ0n) is 9.93. The highest BCUT2D eigenvalue weighted by molar-refractivity contribution is 5.51. The van der Waals surface area contributed by atoms with Gasteiger partial charge in [-0.3, -0.25) is 10.1 Å². The molecule has 0 aromatic heterocycles. The van der Waals surface area contributed by atoms with Crippen LogP contribution in [-0.2, 0) is 5.41 Å². The monoisotopic (exact) mass is 236 g/mol. The molecule has 0 amide bonds. The third-order valence-electron chi connectivity index (χ3n) is 3.99. The van der Waals surface area contributed by atoms with Crippen molar-refractivity contribution >= 4 is 5.69 Å². The fraction of sp³-hybridized carbons (Fsp3) is 0.500. The fourth-order valence-electron chi connectivity index (χ4n) is 2.64. The van der Waals surface area contributed by atoms with Gasteiger partial charge in [-0.2, -0.15) is 0 Å². The molecule has 1 aromatic carbocycles. The van der Waals surface area contributed by atoms with Crippen molar-refractivity contribution in [3.63, 3.8) is 0 Å². The maximum atomic E-state index is 10.6. The Morgan fingerprint density at radius 3 is 2.47 bits per heavy atom. The molecular weight excluding hydrogens is 220 g/mol. The van der Waals surface area contributed by atoms with E-state index < -0.39 is 4.92 Å². The number of aromatic hydroxyl groups is 1. The number of benzene rings is 1. The predicted molar refractivity (Wildman–Crippen MR) is 63.9 cm³/mol. The second-order valence-corrected chi connectivity index (χ2v) is 5.31. The second kappa shape index (κ2) is 3.43. The van der Waals surface area contributed by atoms with E-state index in [0.29, 0.717) is 6.54 Å². The highest BCUT2D eigenvalue weighted by Gasteiger charge is 2.61. The Morgan fingerprint density at radius 1 is 1.53 bits per heavy atom. The van der Waals surface area contributed by atoms with Gasteiger partial charge in [-0.1, -0.05) is 19.9 Å². The van der Waals surface area contributed by atoms with Crippen LogP contribution in [0.5, 0.6) is 5.75 Å². The van der Waals surface area contributed by atoms with Crippen LogP contribution in [0.1, 0.15) is 25.8 Å². The number of hydrogen-bond donors (Lipinski definition) is 2. The summed E-state index contributed by atoms with van der Waals surface area (Å²) >= 11 is 0. The van der Waals surface area contributed by atoms with Crippen molar-refractivity contribution in [3.8, 4) is 5.75 Å². The maximum absolute atomic E-state index is 10.6. The number of rotatable bonds is 3. The van der Waals surface area contributed by atoms with Crippen molar-refractivity contribution in [2.45, 2.75) is 25.7 Å². The van der Waals surface area contributed by atoms with E-state index in [1.165, 1.54) is 12.1 Å². The molecule has 0 heterocycles. The number of nitrogens with two attached hydrogens (primary N) is 1. The summed E-state index contributed by atoms with van der Waals surface area (Å²) in [5, 5.41) is 20.3. The Kier molecular flexibility index (Phi) is 2.39. The molecule has 1 atom stereocenters. The Labute approximate surface area is 99.4 Å². The van der Waals surface area contributed by atoms with E-state index in [9.17, 15) is 15.2 Å². The molecule has 2 rings (SSSR count). The number of phenolic OH excluding ortho intramolecular Hbond substituents is 1. The van der Waals surface area contributed by atoms with Crippen LogP contribution in [0.4, 0.5) is 5.69 Å². The molecule has 92 valence electrons. The molecule has 0 radical (unpaired) electrons. The molecule has 17 heavy (non-hydrogen) atoms. The molecule has 1 aromatic rings. The lowest BCUT2D eigenvalue weighted by atomic mass is 9.88. The molecule has 0 bridgehead atoms. The highest BCUT2D eigenvalue weighted by Crippen LogP contribution is 2.64. The molecule has 0 spiro atoms. The summed E-state index contributed by atoms with van der Waals surface area (Å²) in [5.41, 5.74) is 6.36. The van der Waals surface area contributed by atoms with Crippen LogP contribution >= 0.6 is 0 Å². The molecule has 5 nitrogen and oxygen atoms in total. The van der Waals surface area contributed by atoms with Gasteiger partial charge in [-0.15, -0.1) is 0 Å². The smallest absolute Gasteiger partial charge is 0.310 e. The molecule has 0 saturated heterocycles. The summed E-state index contributed by atoms with van der Waals surface area (Å²) < 4.78 is 0. The van der Waals surface area contributed by atoms with Crippen LogP contribution in [0.3, 0.4) is 0 Å². The SMILES string of the molecule is CC1(C)CC1(CN)c1ccc([N+](=O)[O-])c(O)c1. The first-order chi connectivity index (χ1) is 7.84. The largest absolute Gasteiger partial charge is 0.502 e. The molecule has 5 heteroatoms. The van der Waals surface area contributed by atoms with Crippen molar-refractivity contribution in [2.75, 3.05) is 6.54 Å². The Morgan fingerprint density at radius 2 is 2.12 bits per heavy atom. The summed E-state index contributed by atoms with van der Waals surface area (Å²) in [5.74, 6) is -0.289. The molecule has 1 saturated carbocycles. The van der Waals surface area contributed by atoms with Crippen LogP contribution < -0.4 is 5.73 Å². The van der Waals surface area contributed by atoms with Gasteiger partial charge in [0.15, 0.2) is 5.75 Å². The van der Waals surface area contributed by atoms with Crippen LogP contribution in [0.25, 0.3) is 0 Å². The average molecular weight is 236 g/mol. The maximum Gasteiger partial charge on any atom is 0.310 e. The van der Waals surface area contributed by atoms with E-state index in [4.69, 9.17) is 5.73 Å². The van der Waals surface area contributed by atoms with Gasteiger partial charge in [0.1, 0.15) is 0 Å². The highest BCUT2D eigenvalue weighted by atomic mass is 16.6. The third-order valence-corrected chi connectivity index (χ3v) is 3.99. The lowest BCUT2D eigenvalue weighted by Crippen LogP contribution is -2.25. The minimum atomic E-state index is -0.591. The summed E-state index contributed by atoms with van der Waals surface area (Å²) in [6.45, 7) is 4.70. The first-order valence-electron chi connectivity index (χ1n) is 5.52. The summed E-state index contributed by atoms with van der Waals surface area (Å²) in [6.07, 6.45) is 0.938. The third kappa shape index (κ3) is 1.58. The molecule has 1 aliphatic rings. The van der Waals surface area contributed by atoms with Crippen molar-refractivity contribution < 1.29 is 10.0 Å². The van der Waals surface area contributed by atoms with Gasteiger partial charge in [0.05, 0.1) is 4.92 Å². The molecule has 1 unspecified atom stereocenters. The minimum absolute atomic E-state index is 0.0876. The van der Waals surface area contributed by atoms with Crippen molar-refractivity contribution in [1.82, 2.24) is 0 Å². The lowest BCUT2D eigenvalue weighted by Gasteiger charge is -2.19. The normalized spacial score (nSPS) is 25.6. The summed E-state index contributed by atoms with van der Waals surface area (Å²) in [6, 6.07) is 4.51. The van der Waals surface area contributed by atoms with Gasteiger partial charge < -0.3 is 10.8 Å². The van der Waals surface area contributed by atoms with E-state index in [1.807, 2.05) is 0 Å². The van der Waals surface area contributed by atoms with E-state index in [-0.39, 0.29) is 22.3 Å². The first-order valence-corrected chi connectivity index (χ1v) is 5.52. The van der Waals surface area contributed by atoms with Crippen LogP contribution in [0, 0.1) is 15.5 Å². The van der Waals surface area contributed by atoms with E-state index in [1.54, 1.807) is 6.07 Å². The van der Waals surface area contributed by atoms with E-state index in [2.05, 4.69) is 13.8 Å². The van der Waals surface area contributed by atoms with Gasteiger partial charge >= 0.3 is 5.69 Å². The summed E-state index contributed by atoms with van der Waals surface area (Å²) in [7, 11) is 0. The van der Waals surface area contributed by atoms with Gasteiger partial charge in [-0.05, 0) is 23.5 Å². The standard InChI is InChI=1S/C12H16N2O3/c1-11(2)6-12(11,7-13)8-3-4-9(14(16)17)10(15)5-8/h3-5,15H,6-7,13H2,1-2H3. The molecule has 1 aliphatic carbocycles. The number of hydrogen-bond acceptors (Lipinski definition) is 4. The molecule has 1 fully saturated rings. The van der Waals surface area contributed by atoms with Gasteiger partial charge in [-0.25, -0.2) is 0 Å². The van der Waals surface area contributed by atoms with E-state index >= 15 is 0 Å². The van der Waals surface area contributed by atoms with Crippen LogP contribution in [-0.4, -0.2) is 16.6 Å². The Hall–Kier alpha value is -1.62. The number of nitrogens with zero attached hydrogens (tertiary/aromatic N) is 1. The van der Waals surface area contributed by atoms with Crippen LogP contribution in [0.2, 0.25) is 0 Å². The molecular formula is C12H16N2O3. The van der Waals surface area contributed by atoms with Crippen molar-refractivity contribution in [2.24, 2.45) is 11.1 Å². The lowest BCUT2D eigenvalue weighted by molar-refractivity contribution is -0.385. The quantitative estimate of drug-likeness (QED) is 0.619. The predicted octanol–water partition coefficient (Wildman–Crippen LogP) is 1.93.